The molecule has 5 nitrogen and oxygen atoms in total. The Morgan fingerprint density at radius 2 is 2.24 bits per heavy atom. The highest BCUT2D eigenvalue weighted by Crippen LogP contribution is 2.23. The van der Waals surface area contributed by atoms with Crippen molar-refractivity contribution in [3.05, 3.63) is 17.8 Å². The molecule has 1 saturated heterocycles. The van der Waals surface area contributed by atoms with Gasteiger partial charge in [0.15, 0.2) is 5.82 Å². The van der Waals surface area contributed by atoms with E-state index in [1.54, 1.807) is 0 Å². The number of aliphatic hydroxyl groups is 1. The molecule has 0 aromatic carbocycles. The predicted molar refractivity (Wildman–Crippen MR) is 66.9 cm³/mol. The molecule has 0 spiro atoms. The third kappa shape index (κ3) is 2.92. The summed E-state index contributed by atoms with van der Waals surface area (Å²) >= 11 is 0. The van der Waals surface area contributed by atoms with E-state index in [0.29, 0.717) is 11.7 Å². The van der Waals surface area contributed by atoms with Crippen LogP contribution in [-0.4, -0.2) is 53.4 Å². The molecule has 1 aliphatic heterocycles. The van der Waals surface area contributed by atoms with Crippen molar-refractivity contribution in [3.8, 4) is 0 Å². The Labute approximate surface area is 102 Å². The van der Waals surface area contributed by atoms with Crippen molar-refractivity contribution in [1.29, 1.82) is 0 Å². The Morgan fingerprint density at radius 1 is 1.41 bits per heavy atom. The summed E-state index contributed by atoms with van der Waals surface area (Å²) in [5, 5.41) is 17.1. The molecule has 94 valence electrons. The van der Waals surface area contributed by atoms with Crippen LogP contribution in [0.15, 0.2) is 12.1 Å². The molecule has 0 radical (unpaired) electrons. The van der Waals surface area contributed by atoms with Crippen LogP contribution in [0.4, 0.5) is 5.82 Å². The minimum atomic E-state index is -0.0472. The van der Waals surface area contributed by atoms with Gasteiger partial charge in [0.25, 0.3) is 0 Å². The minimum absolute atomic E-state index is 0.0472. The highest BCUT2D eigenvalue weighted by atomic mass is 16.3. The molecule has 1 aliphatic rings. The summed E-state index contributed by atoms with van der Waals surface area (Å²) in [7, 11) is 4.19. The second kappa shape index (κ2) is 5.42. The number of hydrogen-bond donors (Lipinski definition) is 1. The molecule has 1 atom stereocenters. The molecule has 0 bridgehead atoms. The number of anilines is 1. The van der Waals surface area contributed by atoms with Crippen LogP contribution in [0, 0.1) is 0 Å². The van der Waals surface area contributed by atoms with E-state index in [-0.39, 0.29) is 6.61 Å². The lowest BCUT2D eigenvalue weighted by atomic mass is 10.2. The Bertz CT molecular complexity index is 352. The number of rotatable bonds is 4. The zero-order valence-corrected chi connectivity index (χ0v) is 10.5. The largest absolute Gasteiger partial charge is 0.390 e. The number of hydrogen-bond acceptors (Lipinski definition) is 5. The lowest BCUT2D eigenvalue weighted by molar-refractivity contribution is 0.275. The van der Waals surface area contributed by atoms with Gasteiger partial charge in [0.1, 0.15) is 0 Å². The van der Waals surface area contributed by atoms with Crippen LogP contribution in [-0.2, 0) is 6.61 Å². The average molecular weight is 236 g/mol. The molecule has 5 heteroatoms. The first-order chi connectivity index (χ1) is 8.20. The van der Waals surface area contributed by atoms with Crippen molar-refractivity contribution in [3.63, 3.8) is 0 Å². The first kappa shape index (κ1) is 12.3. The summed E-state index contributed by atoms with van der Waals surface area (Å²) in [5.74, 6) is 0.923. The highest BCUT2D eigenvalue weighted by Gasteiger charge is 2.26. The molecule has 2 heterocycles. The van der Waals surface area contributed by atoms with Gasteiger partial charge in [0.2, 0.25) is 0 Å². The summed E-state index contributed by atoms with van der Waals surface area (Å²) < 4.78 is 0. The first-order valence-electron chi connectivity index (χ1n) is 6.05. The normalized spacial score (nSPS) is 20.2. The second-order valence-corrected chi connectivity index (χ2v) is 4.79. The molecular formula is C12H20N4O. The number of nitrogens with zero attached hydrogens (tertiary/aromatic N) is 4. The fourth-order valence-electron chi connectivity index (χ4n) is 2.34. The van der Waals surface area contributed by atoms with Gasteiger partial charge in [-0.05, 0) is 39.1 Å². The average Bonchev–Trinajstić information content (AvgIpc) is 2.76. The minimum Gasteiger partial charge on any atom is -0.390 e. The summed E-state index contributed by atoms with van der Waals surface area (Å²) in [6, 6.07) is 4.32. The van der Waals surface area contributed by atoms with E-state index in [2.05, 4.69) is 34.1 Å². The molecular weight excluding hydrogens is 216 g/mol. The van der Waals surface area contributed by atoms with Gasteiger partial charge in [-0.25, -0.2) is 0 Å². The van der Waals surface area contributed by atoms with Gasteiger partial charge < -0.3 is 14.9 Å². The fourth-order valence-corrected chi connectivity index (χ4v) is 2.34. The summed E-state index contributed by atoms with van der Waals surface area (Å²) in [6.45, 7) is 2.05. The number of aromatic nitrogens is 2. The summed E-state index contributed by atoms with van der Waals surface area (Å²) in [4.78, 5) is 4.52. The van der Waals surface area contributed by atoms with E-state index in [0.717, 1.165) is 18.9 Å². The van der Waals surface area contributed by atoms with E-state index in [4.69, 9.17) is 5.11 Å². The van der Waals surface area contributed by atoms with Gasteiger partial charge in [0.05, 0.1) is 12.3 Å². The van der Waals surface area contributed by atoms with Crippen molar-refractivity contribution in [2.24, 2.45) is 0 Å². The Balaban J connectivity index is 2.08. The zero-order valence-electron chi connectivity index (χ0n) is 10.5. The topological polar surface area (TPSA) is 52.5 Å². The van der Waals surface area contributed by atoms with E-state index < -0.39 is 0 Å². The van der Waals surface area contributed by atoms with Crippen LogP contribution in [0.5, 0.6) is 0 Å². The van der Waals surface area contributed by atoms with Gasteiger partial charge >= 0.3 is 0 Å². The molecule has 1 unspecified atom stereocenters. The molecule has 1 aromatic heterocycles. The van der Waals surface area contributed by atoms with Crippen molar-refractivity contribution in [2.75, 3.05) is 32.1 Å². The Morgan fingerprint density at radius 3 is 2.82 bits per heavy atom. The Kier molecular flexibility index (Phi) is 3.91. The maximum Gasteiger partial charge on any atom is 0.151 e. The highest BCUT2D eigenvalue weighted by molar-refractivity contribution is 5.40. The van der Waals surface area contributed by atoms with Gasteiger partial charge in [-0.1, -0.05) is 0 Å². The molecule has 0 saturated carbocycles. The first-order valence-corrected chi connectivity index (χ1v) is 6.05. The van der Waals surface area contributed by atoms with Crippen LogP contribution < -0.4 is 4.90 Å². The van der Waals surface area contributed by atoms with Crippen molar-refractivity contribution >= 4 is 5.82 Å². The molecule has 1 fully saturated rings. The van der Waals surface area contributed by atoms with Crippen molar-refractivity contribution < 1.29 is 5.11 Å². The second-order valence-electron chi connectivity index (χ2n) is 4.79. The third-order valence-electron chi connectivity index (χ3n) is 3.11. The maximum absolute atomic E-state index is 8.94. The standard InChI is InChI=1S/C12H20N4O/c1-15(2)8-11-4-3-7-16(11)12-6-5-10(9-17)13-14-12/h5-6,11,17H,3-4,7-9H2,1-2H3. The molecule has 0 amide bonds. The fraction of sp³-hybridized carbons (Fsp3) is 0.667. The molecule has 0 aliphatic carbocycles. The van der Waals surface area contributed by atoms with Gasteiger partial charge in [-0.15, -0.1) is 5.10 Å². The molecule has 2 rings (SSSR count). The monoisotopic (exact) mass is 236 g/mol. The van der Waals surface area contributed by atoms with Crippen LogP contribution >= 0.6 is 0 Å². The molecule has 1 N–H and O–H groups in total. The van der Waals surface area contributed by atoms with Gasteiger partial charge in [0, 0.05) is 19.1 Å². The van der Waals surface area contributed by atoms with Gasteiger partial charge in [-0.2, -0.15) is 5.10 Å². The number of likely N-dealkylation sites (N-methyl/N-ethyl adjacent to an activating group) is 1. The van der Waals surface area contributed by atoms with Crippen LogP contribution in [0.2, 0.25) is 0 Å². The van der Waals surface area contributed by atoms with Crippen LogP contribution in [0.3, 0.4) is 0 Å². The summed E-state index contributed by atoms with van der Waals surface area (Å²) in [6.07, 6.45) is 2.42. The van der Waals surface area contributed by atoms with Crippen LogP contribution in [0.1, 0.15) is 18.5 Å². The van der Waals surface area contributed by atoms with E-state index in [9.17, 15) is 0 Å². The lowest BCUT2D eigenvalue weighted by Gasteiger charge is -2.27. The summed E-state index contributed by atoms with van der Waals surface area (Å²) in [5.41, 5.74) is 0.622. The van der Waals surface area contributed by atoms with Gasteiger partial charge in [-0.3, -0.25) is 0 Å². The number of aliphatic hydroxyl groups excluding tert-OH is 1. The van der Waals surface area contributed by atoms with Crippen molar-refractivity contribution in [2.45, 2.75) is 25.5 Å². The smallest absolute Gasteiger partial charge is 0.151 e. The van der Waals surface area contributed by atoms with E-state index in [1.807, 2.05) is 12.1 Å². The third-order valence-corrected chi connectivity index (χ3v) is 3.11. The van der Waals surface area contributed by atoms with E-state index in [1.165, 1.54) is 12.8 Å². The molecule has 17 heavy (non-hydrogen) atoms. The lowest BCUT2D eigenvalue weighted by Crippen LogP contribution is -2.38. The predicted octanol–water partition coefficient (Wildman–Crippen LogP) is 0.499. The zero-order chi connectivity index (χ0) is 12.3. The van der Waals surface area contributed by atoms with Crippen molar-refractivity contribution in [1.82, 2.24) is 15.1 Å². The van der Waals surface area contributed by atoms with Crippen LogP contribution in [0.25, 0.3) is 0 Å². The maximum atomic E-state index is 8.94. The Hall–Kier alpha value is -1.20. The quantitative estimate of drug-likeness (QED) is 0.825. The molecule has 1 aromatic rings. The van der Waals surface area contributed by atoms with E-state index >= 15 is 0 Å². The SMILES string of the molecule is CN(C)CC1CCCN1c1ccc(CO)nn1.